The highest BCUT2D eigenvalue weighted by Crippen LogP contribution is 2.33. The quantitative estimate of drug-likeness (QED) is 0.402. The van der Waals surface area contributed by atoms with E-state index in [1.807, 2.05) is 41.9 Å². The summed E-state index contributed by atoms with van der Waals surface area (Å²) in [5.74, 6) is 1.04. The van der Waals surface area contributed by atoms with Gasteiger partial charge in [0.25, 0.3) is 0 Å². The largest absolute Gasteiger partial charge is 0.493 e. The van der Waals surface area contributed by atoms with Crippen LogP contribution < -0.4 is 9.47 Å². The topological polar surface area (TPSA) is 70.5 Å². The fraction of sp³-hybridized carbons (Fsp3) is 0.286. The van der Waals surface area contributed by atoms with Gasteiger partial charge in [0.2, 0.25) is 0 Å². The number of ether oxygens (including phenoxy) is 3. The lowest BCUT2D eigenvalue weighted by Gasteiger charge is -2.08. The minimum absolute atomic E-state index is 0.163. The number of nitrogens with zero attached hydrogens (tertiary/aromatic N) is 2. The number of aryl methyl sites for hydroxylation is 1. The number of hydrogen-bond acceptors (Lipinski definition) is 7. The summed E-state index contributed by atoms with van der Waals surface area (Å²) in [6.07, 6.45) is 5.34. The van der Waals surface area contributed by atoms with Crippen LogP contribution >= 0.6 is 11.3 Å². The number of carbonyl (C=O) groups is 1. The summed E-state index contributed by atoms with van der Waals surface area (Å²) >= 11 is 1.48. The van der Waals surface area contributed by atoms with Crippen molar-refractivity contribution in [2.45, 2.75) is 19.3 Å². The molecule has 146 valence electrons. The summed E-state index contributed by atoms with van der Waals surface area (Å²) in [5.41, 5.74) is 2.75. The molecule has 0 saturated carbocycles. The van der Waals surface area contributed by atoms with Crippen molar-refractivity contribution in [2.24, 2.45) is 0 Å². The van der Waals surface area contributed by atoms with Crippen molar-refractivity contribution >= 4 is 17.3 Å². The van der Waals surface area contributed by atoms with E-state index in [4.69, 9.17) is 14.2 Å². The summed E-state index contributed by atoms with van der Waals surface area (Å²) in [6.45, 7) is 0.389. The van der Waals surface area contributed by atoms with E-state index in [-0.39, 0.29) is 12.4 Å². The fourth-order valence-electron chi connectivity index (χ4n) is 2.70. The van der Waals surface area contributed by atoms with Gasteiger partial charge in [-0.15, -0.1) is 11.3 Å². The average molecular weight is 398 g/mol. The summed E-state index contributed by atoms with van der Waals surface area (Å²) in [5, 5.41) is 2.70. The van der Waals surface area contributed by atoms with Gasteiger partial charge in [0.05, 0.1) is 32.9 Å². The van der Waals surface area contributed by atoms with Gasteiger partial charge in [-0.05, 0) is 42.7 Å². The molecule has 0 amide bonds. The number of carbonyl (C=O) groups excluding carboxylic acids is 1. The second-order valence-electron chi connectivity index (χ2n) is 6.08. The number of pyridine rings is 1. The lowest BCUT2D eigenvalue weighted by molar-refractivity contribution is -0.142. The van der Waals surface area contributed by atoms with E-state index in [1.54, 1.807) is 20.4 Å². The zero-order chi connectivity index (χ0) is 19.8. The normalized spacial score (nSPS) is 10.5. The summed E-state index contributed by atoms with van der Waals surface area (Å²) in [4.78, 5) is 20.7. The van der Waals surface area contributed by atoms with Crippen LogP contribution in [-0.2, 0) is 22.4 Å². The Kier molecular flexibility index (Phi) is 6.97. The highest BCUT2D eigenvalue weighted by Gasteiger charge is 2.12. The highest BCUT2D eigenvalue weighted by molar-refractivity contribution is 7.13. The number of methoxy groups -OCH3 is 2. The SMILES string of the molecule is COc1ccc(-c2nc(CC(=O)OCCCc3cccnc3)cs2)cc1OC. The maximum absolute atomic E-state index is 12.0. The molecule has 7 heteroatoms. The Morgan fingerprint density at radius 2 is 2.00 bits per heavy atom. The van der Waals surface area contributed by atoms with Crippen molar-refractivity contribution in [1.82, 2.24) is 9.97 Å². The fourth-order valence-corrected chi connectivity index (χ4v) is 3.51. The van der Waals surface area contributed by atoms with Gasteiger partial charge in [0.1, 0.15) is 5.01 Å². The predicted molar refractivity (Wildman–Crippen MR) is 108 cm³/mol. The number of benzene rings is 1. The monoisotopic (exact) mass is 398 g/mol. The van der Waals surface area contributed by atoms with Gasteiger partial charge in [-0.25, -0.2) is 4.98 Å². The third kappa shape index (κ3) is 5.29. The molecule has 0 atom stereocenters. The molecule has 0 unspecified atom stereocenters. The maximum atomic E-state index is 12.0. The van der Waals surface area contributed by atoms with E-state index < -0.39 is 0 Å². The van der Waals surface area contributed by atoms with E-state index in [1.165, 1.54) is 11.3 Å². The van der Waals surface area contributed by atoms with Crippen LogP contribution in [0.4, 0.5) is 0 Å². The van der Waals surface area contributed by atoms with Crippen LogP contribution in [0.2, 0.25) is 0 Å². The third-order valence-electron chi connectivity index (χ3n) is 4.10. The van der Waals surface area contributed by atoms with Crippen molar-refractivity contribution in [3.8, 4) is 22.1 Å². The predicted octanol–water partition coefficient (Wildman–Crippen LogP) is 3.94. The number of thiazole rings is 1. The molecule has 1 aromatic carbocycles. The molecule has 0 spiro atoms. The van der Waals surface area contributed by atoms with Crippen molar-refractivity contribution in [1.29, 1.82) is 0 Å². The molecule has 0 aliphatic rings. The summed E-state index contributed by atoms with van der Waals surface area (Å²) in [6, 6.07) is 9.55. The van der Waals surface area contributed by atoms with Crippen LogP contribution in [0, 0.1) is 0 Å². The molecule has 2 aromatic heterocycles. The average Bonchev–Trinajstić information content (AvgIpc) is 3.19. The van der Waals surface area contributed by atoms with Crippen molar-refractivity contribution in [3.63, 3.8) is 0 Å². The van der Waals surface area contributed by atoms with Gasteiger partial charge in [-0.2, -0.15) is 0 Å². The Morgan fingerprint density at radius 3 is 2.75 bits per heavy atom. The Bertz CT molecular complexity index is 912. The number of esters is 1. The van der Waals surface area contributed by atoms with Crippen LogP contribution in [-0.4, -0.2) is 36.8 Å². The number of aromatic nitrogens is 2. The maximum Gasteiger partial charge on any atom is 0.311 e. The summed E-state index contributed by atoms with van der Waals surface area (Å²) in [7, 11) is 3.20. The lowest BCUT2D eigenvalue weighted by atomic mass is 10.2. The molecule has 28 heavy (non-hydrogen) atoms. The number of rotatable bonds is 9. The van der Waals surface area contributed by atoms with Crippen LogP contribution in [0.25, 0.3) is 10.6 Å². The zero-order valence-corrected chi connectivity index (χ0v) is 16.7. The first-order valence-corrected chi connectivity index (χ1v) is 9.79. The van der Waals surface area contributed by atoms with Crippen molar-refractivity contribution < 1.29 is 19.0 Å². The molecule has 0 aliphatic carbocycles. The van der Waals surface area contributed by atoms with Gasteiger partial charge >= 0.3 is 5.97 Å². The van der Waals surface area contributed by atoms with E-state index in [0.717, 1.165) is 29.0 Å². The zero-order valence-electron chi connectivity index (χ0n) is 15.9. The lowest BCUT2D eigenvalue weighted by Crippen LogP contribution is -2.09. The Morgan fingerprint density at radius 1 is 1.14 bits per heavy atom. The first-order valence-electron chi connectivity index (χ1n) is 8.91. The molecule has 0 radical (unpaired) electrons. The van der Waals surface area contributed by atoms with Crippen LogP contribution in [0.15, 0.2) is 48.1 Å². The van der Waals surface area contributed by atoms with E-state index in [0.29, 0.717) is 23.8 Å². The molecule has 3 aromatic rings. The molecule has 3 rings (SSSR count). The van der Waals surface area contributed by atoms with Gasteiger partial charge in [0.15, 0.2) is 11.5 Å². The molecule has 6 nitrogen and oxygen atoms in total. The second-order valence-corrected chi connectivity index (χ2v) is 6.93. The van der Waals surface area contributed by atoms with Crippen LogP contribution in [0.3, 0.4) is 0 Å². The molecule has 0 bridgehead atoms. The third-order valence-corrected chi connectivity index (χ3v) is 5.04. The van der Waals surface area contributed by atoms with Gasteiger partial charge in [-0.3, -0.25) is 9.78 Å². The molecule has 0 saturated heterocycles. The van der Waals surface area contributed by atoms with Crippen molar-refractivity contribution in [3.05, 3.63) is 59.4 Å². The molecular formula is C21H22N2O4S. The molecule has 0 fully saturated rings. The Balaban J connectivity index is 1.50. The van der Waals surface area contributed by atoms with Gasteiger partial charge < -0.3 is 14.2 Å². The standard InChI is InChI=1S/C21H22N2O4S/c1-25-18-8-7-16(11-19(18)26-2)21-23-17(14-28-21)12-20(24)27-10-4-6-15-5-3-9-22-13-15/h3,5,7-9,11,13-14H,4,6,10,12H2,1-2H3. The van der Waals surface area contributed by atoms with Crippen LogP contribution in [0.5, 0.6) is 11.5 Å². The highest BCUT2D eigenvalue weighted by atomic mass is 32.1. The Hall–Kier alpha value is -2.93. The van der Waals surface area contributed by atoms with E-state index in [2.05, 4.69) is 9.97 Å². The Labute approximate surface area is 168 Å². The molecule has 2 heterocycles. The smallest absolute Gasteiger partial charge is 0.311 e. The van der Waals surface area contributed by atoms with Gasteiger partial charge in [0, 0.05) is 23.3 Å². The van der Waals surface area contributed by atoms with Crippen molar-refractivity contribution in [2.75, 3.05) is 20.8 Å². The minimum Gasteiger partial charge on any atom is -0.493 e. The molecule has 0 aliphatic heterocycles. The van der Waals surface area contributed by atoms with Crippen LogP contribution in [0.1, 0.15) is 17.7 Å². The minimum atomic E-state index is -0.268. The second kappa shape index (κ2) is 9.85. The van der Waals surface area contributed by atoms with E-state index in [9.17, 15) is 4.79 Å². The van der Waals surface area contributed by atoms with Gasteiger partial charge in [-0.1, -0.05) is 6.07 Å². The summed E-state index contributed by atoms with van der Waals surface area (Å²) < 4.78 is 15.9. The van der Waals surface area contributed by atoms with E-state index >= 15 is 0 Å². The first kappa shape index (κ1) is 19.8. The molecular weight excluding hydrogens is 376 g/mol. The first-order chi connectivity index (χ1) is 13.7. The number of hydrogen-bond donors (Lipinski definition) is 0. The molecule has 0 N–H and O–H groups in total.